The summed E-state index contributed by atoms with van der Waals surface area (Å²) >= 11 is 5.49. The van der Waals surface area contributed by atoms with E-state index in [1.165, 1.54) is 17.7 Å². The van der Waals surface area contributed by atoms with Gasteiger partial charge in [0.05, 0.1) is 12.3 Å². The molecule has 0 spiro atoms. The largest absolute Gasteiger partial charge is 0.262 e. The van der Waals surface area contributed by atoms with E-state index in [-0.39, 0.29) is 12.3 Å². The Morgan fingerprint density at radius 1 is 1.50 bits per heavy atom. The van der Waals surface area contributed by atoms with Crippen molar-refractivity contribution in [3.8, 4) is 0 Å². The monoisotopic (exact) mass is 266 g/mol. The van der Waals surface area contributed by atoms with E-state index in [1.807, 2.05) is 0 Å². The number of hydrogen-bond donors (Lipinski definition) is 1. The predicted molar refractivity (Wildman–Crippen MR) is 61.6 cm³/mol. The van der Waals surface area contributed by atoms with E-state index in [2.05, 4.69) is 15.2 Å². The van der Waals surface area contributed by atoms with Gasteiger partial charge in [-0.1, -0.05) is 0 Å². The maximum atomic E-state index is 11.8. The zero-order valence-corrected chi connectivity index (χ0v) is 10.6. The number of unbranched alkanes of at least 4 members (excludes halogenated alkanes) is 1. The third-order valence-corrected chi connectivity index (χ3v) is 4.25. The van der Waals surface area contributed by atoms with Gasteiger partial charge in [0.15, 0.2) is 0 Å². The Hall–Kier alpha value is -0.660. The molecule has 1 aromatic rings. The highest BCUT2D eigenvalue weighted by Gasteiger charge is 2.18. The number of H-pyrrole nitrogens is 1. The van der Waals surface area contributed by atoms with E-state index in [1.54, 1.807) is 0 Å². The minimum atomic E-state index is -3.22. The van der Waals surface area contributed by atoms with Gasteiger partial charge in [-0.05, 0) is 12.8 Å². The van der Waals surface area contributed by atoms with Gasteiger partial charge in [-0.25, -0.2) is 13.4 Å². The molecular formula is C8H15ClN4O2S. The first-order chi connectivity index (χ1) is 7.56. The SMILES string of the molecule is CN(Cc1ncn[nH]1)S(=O)(=O)CCCCCl. The van der Waals surface area contributed by atoms with Crippen molar-refractivity contribution in [1.29, 1.82) is 0 Å². The third-order valence-electron chi connectivity index (χ3n) is 2.10. The van der Waals surface area contributed by atoms with E-state index < -0.39 is 10.0 Å². The Morgan fingerprint density at radius 3 is 2.81 bits per heavy atom. The lowest BCUT2D eigenvalue weighted by Crippen LogP contribution is -2.29. The lowest BCUT2D eigenvalue weighted by Gasteiger charge is -2.15. The van der Waals surface area contributed by atoms with Crippen LogP contribution in [0.1, 0.15) is 18.7 Å². The normalized spacial score (nSPS) is 12.2. The number of aromatic nitrogens is 3. The molecule has 0 aromatic carbocycles. The Balaban J connectivity index is 2.48. The minimum absolute atomic E-state index is 0.115. The fraction of sp³-hybridized carbons (Fsp3) is 0.750. The second kappa shape index (κ2) is 6.17. The van der Waals surface area contributed by atoms with Crippen molar-refractivity contribution in [3.63, 3.8) is 0 Å². The molecule has 0 saturated carbocycles. The van der Waals surface area contributed by atoms with Crippen molar-refractivity contribution < 1.29 is 8.42 Å². The molecule has 0 aliphatic rings. The summed E-state index contributed by atoms with van der Waals surface area (Å²) in [5.74, 6) is 1.13. The van der Waals surface area contributed by atoms with Gasteiger partial charge in [-0.3, -0.25) is 5.10 Å². The molecule has 92 valence electrons. The molecule has 0 amide bonds. The topological polar surface area (TPSA) is 79.0 Å². The molecule has 1 heterocycles. The summed E-state index contributed by atoms with van der Waals surface area (Å²) in [6.07, 6.45) is 2.63. The molecule has 0 unspecified atom stereocenters. The maximum absolute atomic E-state index is 11.8. The first kappa shape index (κ1) is 13.4. The van der Waals surface area contributed by atoms with Crippen LogP contribution < -0.4 is 0 Å². The standard InChI is InChI=1S/C8H15ClN4O2S/c1-13(6-8-10-7-11-12-8)16(14,15)5-3-2-4-9/h7H,2-6H2,1H3,(H,10,11,12). The summed E-state index contributed by atoms with van der Waals surface area (Å²) in [6, 6.07) is 0. The molecule has 1 rings (SSSR count). The average Bonchev–Trinajstić information content (AvgIpc) is 2.70. The molecule has 0 radical (unpaired) electrons. The number of aromatic amines is 1. The average molecular weight is 267 g/mol. The zero-order valence-electron chi connectivity index (χ0n) is 9.06. The highest BCUT2D eigenvalue weighted by molar-refractivity contribution is 7.89. The third kappa shape index (κ3) is 4.07. The molecule has 0 bridgehead atoms. The second-order valence-electron chi connectivity index (χ2n) is 3.40. The number of hydrogen-bond acceptors (Lipinski definition) is 4. The molecule has 0 fully saturated rings. The van der Waals surface area contributed by atoms with Crippen LogP contribution in [0, 0.1) is 0 Å². The van der Waals surface area contributed by atoms with Crippen molar-refractivity contribution in [2.24, 2.45) is 0 Å². The smallest absolute Gasteiger partial charge is 0.214 e. The second-order valence-corrected chi connectivity index (χ2v) is 5.97. The van der Waals surface area contributed by atoms with Crippen LogP contribution in [0.4, 0.5) is 0 Å². The van der Waals surface area contributed by atoms with Crippen molar-refractivity contribution in [3.05, 3.63) is 12.2 Å². The predicted octanol–water partition coefficient (Wildman–Crippen LogP) is 0.585. The number of halogens is 1. The van der Waals surface area contributed by atoms with Crippen LogP contribution in [-0.2, 0) is 16.6 Å². The summed E-state index contributed by atoms with van der Waals surface area (Å²) in [5.41, 5.74) is 0. The number of nitrogens with zero attached hydrogens (tertiary/aromatic N) is 3. The summed E-state index contributed by atoms with van der Waals surface area (Å²) in [4.78, 5) is 3.87. The van der Waals surface area contributed by atoms with Crippen LogP contribution in [0.15, 0.2) is 6.33 Å². The van der Waals surface area contributed by atoms with Crippen molar-refractivity contribution in [1.82, 2.24) is 19.5 Å². The molecule has 0 saturated heterocycles. The van der Waals surface area contributed by atoms with Gasteiger partial charge in [0.1, 0.15) is 12.2 Å². The highest BCUT2D eigenvalue weighted by atomic mass is 35.5. The maximum Gasteiger partial charge on any atom is 0.214 e. The van der Waals surface area contributed by atoms with Crippen LogP contribution in [0.25, 0.3) is 0 Å². The molecule has 0 aliphatic carbocycles. The molecule has 6 nitrogen and oxygen atoms in total. The molecular weight excluding hydrogens is 252 g/mol. The Bertz CT molecular complexity index is 392. The van der Waals surface area contributed by atoms with Crippen molar-refractivity contribution >= 4 is 21.6 Å². The first-order valence-electron chi connectivity index (χ1n) is 4.90. The van der Waals surface area contributed by atoms with Gasteiger partial charge in [0.25, 0.3) is 0 Å². The van der Waals surface area contributed by atoms with Crippen LogP contribution in [0.2, 0.25) is 0 Å². The number of sulfonamides is 1. The summed E-state index contributed by atoms with van der Waals surface area (Å²) in [5, 5.41) is 6.28. The van der Waals surface area contributed by atoms with E-state index >= 15 is 0 Å². The summed E-state index contributed by atoms with van der Waals surface area (Å²) in [7, 11) is -1.70. The summed E-state index contributed by atoms with van der Waals surface area (Å²) in [6.45, 7) is 0.212. The molecule has 16 heavy (non-hydrogen) atoms. The van der Waals surface area contributed by atoms with Crippen molar-refractivity contribution in [2.75, 3.05) is 18.7 Å². The van der Waals surface area contributed by atoms with E-state index in [0.29, 0.717) is 24.5 Å². The lowest BCUT2D eigenvalue weighted by molar-refractivity contribution is 0.455. The molecule has 0 atom stereocenters. The minimum Gasteiger partial charge on any atom is -0.262 e. The van der Waals surface area contributed by atoms with Crippen LogP contribution >= 0.6 is 11.6 Å². The van der Waals surface area contributed by atoms with Gasteiger partial charge in [-0.15, -0.1) is 11.6 Å². The summed E-state index contributed by atoms with van der Waals surface area (Å²) < 4.78 is 24.8. The number of alkyl halides is 1. The lowest BCUT2D eigenvalue weighted by atomic mass is 10.4. The molecule has 1 N–H and O–H groups in total. The Labute approximate surface area is 100 Å². The van der Waals surface area contributed by atoms with Crippen LogP contribution in [0.5, 0.6) is 0 Å². The van der Waals surface area contributed by atoms with E-state index in [0.717, 1.165) is 0 Å². The molecule has 1 aromatic heterocycles. The van der Waals surface area contributed by atoms with E-state index in [9.17, 15) is 8.42 Å². The molecule has 8 heteroatoms. The fourth-order valence-corrected chi connectivity index (χ4v) is 2.54. The van der Waals surface area contributed by atoms with Gasteiger partial charge >= 0.3 is 0 Å². The van der Waals surface area contributed by atoms with Gasteiger partial charge in [-0.2, -0.15) is 9.40 Å². The van der Waals surface area contributed by atoms with Gasteiger partial charge < -0.3 is 0 Å². The fourth-order valence-electron chi connectivity index (χ4n) is 1.15. The Morgan fingerprint density at radius 2 is 2.25 bits per heavy atom. The quantitative estimate of drug-likeness (QED) is 0.579. The highest BCUT2D eigenvalue weighted by Crippen LogP contribution is 2.06. The molecule has 0 aliphatic heterocycles. The van der Waals surface area contributed by atoms with Gasteiger partial charge in [0.2, 0.25) is 10.0 Å². The number of rotatable bonds is 7. The van der Waals surface area contributed by atoms with Crippen LogP contribution in [0.3, 0.4) is 0 Å². The number of nitrogens with one attached hydrogen (secondary N) is 1. The van der Waals surface area contributed by atoms with Crippen LogP contribution in [-0.4, -0.2) is 46.6 Å². The zero-order chi connectivity index (χ0) is 12.0. The van der Waals surface area contributed by atoms with Gasteiger partial charge in [0, 0.05) is 12.9 Å². The van der Waals surface area contributed by atoms with E-state index in [4.69, 9.17) is 11.6 Å². The Kier molecular flexibility index (Phi) is 5.17. The van der Waals surface area contributed by atoms with Crippen molar-refractivity contribution in [2.45, 2.75) is 19.4 Å². The first-order valence-corrected chi connectivity index (χ1v) is 7.05.